The number of guanidine groups is 1. The normalized spacial score (nSPS) is 16.8. The number of halogens is 1. The molecule has 0 unspecified atom stereocenters. The van der Waals surface area contributed by atoms with Gasteiger partial charge in [-0.15, -0.1) is 30.6 Å². The quantitative estimate of drug-likeness (QED) is 0.197. The molecule has 0 aromatic heterocycles. The van der Waals surface area contributed by atoms with Crippen molar-refractivity contribution in [2.75, 3.05) is 57.9 Å². The van der Waals surface area contributed by atoms with Gasteiger partial charge in [0, 0.05) is 50.3 Å². The van der Waals surface area contributed by atoms with Crippen LogP contribution in [0.2, 0.25) is 0 Å². The maximum absolute atomic E-state index is 5.42. The molecule has 0 aromatic carbocycles. The molecule has 0 saturated carbocycles. The van der Waals surface area contributed by atoms with Gasteiger partial charge in [0.05, 0.1) is 13.2 Å². The van der Waals surface area contributed by atoms with Crippen LogP contribution in [-0.2, 0) is 4.74 Å². The Kier molecular flexibility index (Phi) is 12.4. The van der Waals surface area contributed by atoms with Gasteiger partial charge in [0.1, 0.15) is 0 Å². The van der Waals surface area contributed by atoms with Crippen LogP contribution in [0.15, 0.2) is 17.6 Å². The van der Waals surface area contributed by atoms with E-state index in [1.54, 1.807) is 0 Å². The maximum Gasteiger partial charge on any atom is 0.191 e. The Morgan fingerprint density at radius 2 is 2.05 bits per heavy atom. The minimum Gasteiger partial charge on any atom is -0.379 e. The van der Waals surface area contributed by atoms with E-state index in [1.807, 2.05) is 24.9 Å². The molecule has 0 atom stereocenters. The lowest BCUT2D eigenvalue weighted by Gasteiger charge is -2.41. The van der Waals surface area contributed by atoms with Crippen molar-refractivity contribution in [1.29, 1.82) is 0 Å². The molecule has 0 spiro atoms. The van der Waals surface area contributed by atoms with E-state index in [2.05, 4.69) is 41.0 Å². The molecular formula is C15H31IN4OS. The third kappa shape index (κ3) is 8.59. The van der Waals surface area contributed by atoms with Gasteiger partial charge in [0.25, 0.3) is 0 Å². The fourth-order valence-corrected chi connectivity index (χ4v) is 2.79. The lowest BCUT2D eigenvalue weighted by atomic mass is 10.0. The number of hydrogen-bond donors (Lipinski definition) is 2. The molecule has 2 N–H and O–H groups in total. The highest BCUT2D eigenvalue weighted by atomic mass is 127. The third-order valence-corrected chi connectivity index (χ3v) is 4.52. The van der Waals surface area contributed by atoms with Gasteiger partial charge in [0.2, 0.25) is 0 Å². The molecule has 1 aliphatic rings. The Labute approximate surface area is 156 Å². The van der Waals surface area contributed by atoms with Crippen LogP contribution in [0.5, 0.6) is 0 Å². The van der Waals surface area contributed by atoms with Gasteiger partial charge in [-0.3, -0.25) is 9.89 Å². The molecule has 7 heteroatoms. The predicted octanol–water partition coefficient (Wildman–Crippen LogP) is 1.80. The van der Waals surface area contributed by atoms with E-state index < -0.39 is 0 Å². The summed E-state index contributed by atoms with van der Waals surface area (Å²) in [5, 5.41) is 6.77. The van der Waals surface area contributed by atoms with Gasteiger partial charge in [-0.1, -0.05) is 6.08 Å². The van der Waals surface area contributed by atoms with E-state index in [4.69, 9.17) is 4.74 Å². The monoisotopic (exact) mass is 442 g/mol. The second kappa shape index (κ2) is 12.4. The minimum absolute atomic E-state index is 0. The number of thioether (sulfide) groups is 1. The molecule has 22 heavy (non-hydrogen) atoms. The molecular weight excluding hydrogens is 411 g/mol. The molecule has 0 bridgehead atoms. The fraction of sp³-hybridized carbons (Fsp3) is 0.800. The van der Waals surface area contributed by atoms with Crippen molar-refractivity contribution < 1.29 is 4.74 Å². The number of hydrogen-bond acceptors (Lipinski definition) is 4. The van der Waals surface area contributed by atoms with Gasteiger partial charge in [-0.2, -0.15) is 11.8 Å². The lowest BCUT2D eigenvalue weighted by Crippen LogP contribution is -2.56. The molecule has 1 fully saturated rings. The van der Waals surface area contributed by atoms with Crippen LogP contribution >= 0.6 is 35.7 Å². The van der Waals surface area contributed by atoms with E-state index in [0.717, 1.165) is 56.9 Å². The molecule has 130 valence electrons. The molecule has 1 rings (SSSR count). The summed E-state index contributed by atoms with van der Waals surface area (Å²) in [5.74, 6) is 2.92. The van der Waals surface area contributed by atoms with E-state index >= 15 is 0 Å². The summed E-state index contributed by atoms with van der Waals surface area (Å²) < 4.78 is 5.42. The average molecular weight is 442 g/mol. The molecule has 5 nitrogen and oxygen atoms in total. The first-order valence-electron chi connectivity index (χ1n) is 7.56. The van der Waals surface area contributed by atoms with Crippen LogP contribution in [0.25, 0.3) is 0 Å². The highest BCUT2D eigenvalue weighted by Gasteiger charge is 2.28. The summed E-state index contributed by atoms with van der Waals surface area (Å²) in [4.78, 5) is 6.74. The van der Waals surface area contributed by atoms with Crippen molar-refractivity contribution in [2.24, 2.45) is 4.99 Å². The Balaban J connectivity index is 0.00000441. The number of nitrogens with zero attached hydrogens (tertiary/aromatic N) is 2. The zero-order valence-corrected chi connectivity index (χ0v) is 17.2. The largest absolute Gasteiger partial charge is 0.379 e. The minimum atomic E-state index is 0. The van der Waals surface area contributed by atoms with E-state index in [1.165, 1.54) is 0 Å². The molecule has 0 aliphatic carbocycles. The van der Waals surface area contributed by atoms with Crippen LogP contribution in [0.1, 0.15) is 13.8 Å². The van der Waals surface area contributed by atoms with Crippen molar-refractivity contribution >= 4 is 41.7 Å². The highest BCUT2D eigenvalue weighted by molar-refractivity contribution is 14.0. The number of ether oxygens (including phenoxy) is 1. The molecule has 0 aromatic rings. The van der Waals surface area contributed by atoms with E-state index in [-0.39, 0.29) is 29.5 Å². The zero-order valence-electron chi connectivity index (χ0n) is 14.1. The first kappa shape index (κ1) is 22.0. The third-order valence-electron chi connectivity index (χ3n) is 3.55. The van der Waals surface area contributed by atoms with Crippen LogP contribution in [0.4, 0.5) is 0 Å². The van der Waals surface area contributed by atoms with E-state index in [9.17, 15) is 0 Å². The maximum atomic E-state index is 5.42. The van der Waals surface area contributed by atoms with Gasteiger partial charge in [0.15, 0.2) is 5.96 Å². The summed E-state index contributed by atoms with van der Waals surface area (Å²) in [5.41, 5.74) is 0.0962. The van der Waals surface area contributed by atoms with Gasteiger partial charge < -0.3 is 15.4 Å². The molecule has 0 amide bonds. The molecule has 1 saturated heterocycles. The van der Waals surface area contributed by atoms with Crippen LogP contribution < -0.4 is 10.6 Å². The van der Waals surface area contributed by atoms with Crippen molar-refractivity contribution in [3.63, 3.8) is 0 Å². The number of morpholine rings is 1. The van der Waals surface area contributed by atoms with Gasteiger partial charge in [-0.05, 0) is 13.8 Å². The number of aliphatic imine (C=N–C) groups is 1. The van der Waals surface area contributed by atoms with Crippen LogP contribution in [0.3, 0.4) is 0 Å². The van der Waals surface area contributed by atoms with Crippen molar-refractivity contribution in [1.82, 2.24) is 15.5 Å². The van der Waals surface area contributed by atoms with E-state index in [0.29, 0.717) is 0 Å². The van der Waals surface area contributed by atoms with Crippen LogP contribution in [-0.4, -0.2) is 74.3 Å². The summed E-state index contributed by atoms with van der Waals surface area (Å²) in [6.45, 7) is 13.7. The summed E-state index contributed by atoms with van der Waals surface area (Å²) in [6.07, 6.45) is 1.93. The Bertz CT molecular complexity index is 334. The number of rotatable bonds is 8. The predicted molar refractivity (Wildman–Crippen MR) is 109 cm³/mol. The second-order valence-electron chi connectivity index (χ2n) is 5.63. The topological polar surface area (TPSA) is 48.9 Å². The Morgan fingerprint density at radius 1 is 1.36 bits per heavy atom. The summed E-state index contributed by atoms with van der Waals surface area (Å²) in [7, 11) is 1.81. The van der Waals surface area contributed by atoms with Gasteiger partial charge in [-0.25, -0.2) is 0 Å². The van der Waals surface area contributed by atoms with Crippen molar-refractivity contribution in [3.05, 3.63) is 12.7 Å². The molecule has 1 aliphatic heterocycles. The first-order valence-corrected chi connectivity index (χ1v) is 8.71. The lowest BCUT2D eigenvalue weighted by molar-refractivity contribution is -0.00833. The molecule has 1 heterocycles. The fourth-order valence-electron chi connectivity index (χ4n) is 2.21. The standard InChI is InChI=1S/C15H30N4OS.HI/c1-5-11-21-12-6-17-14(16-4)18-13-15(2,3)19-7-9-20-10-8-19;/h5H,1,6-13H2,2-4H3,(H2,16,17,18);1H. The SMILES string of the molecule is C=CCSCCNC(=NC)NCC(C)(C)N1CCOCC1.I. The Hall–Kier alpha value is 0.01000. The summed E-state index contributed by atoms with van der Waals surface area (Å²) in [6, 6.07) is 0. The average Bonchev–Trinajstić information content (AvgIpc) is 2.51. The second-order valence-corrected chi connectivity index (χ2v) is 6.78. The smallest absolute Gasteiger partial charge is 0.191 e. The van der Waals surface area contributed by atoms with Crippen molar-refractivity contribution in [3.8, 4) is 0 Å². The first-order chi connectivity index (χ1) is 10.1. The van der Waals surface area contributed by atoms with Crippen molar-refractivity contribution in [2.45, 2.75) is 19.4 Å². The van der Waals surface area contributed by atoms with Gasteiger partial charge >= 0.3 is 0 Å². The zero-order chi connectivity index (χ0) is 15.6. The highest BCUT2D eigenvalue weighted by Crippen LogP contribution is 2.14. The Morgan fingerprint density at radius 3 is 2.64 bits per heavy atom. The molecule has 0 radical (unpaired) electrons. The summed E-state index contributed by atoms with van der Waals surface area (Å²) >= 11 is 1.87. The number of nitrogens with one attached hydrogen (secondary N) is 2. The van der Waals surface area contributed by atoms with Crippen LogP contribution in [0, 0.1) is 0 Å².